The lowest BCUT2D eigenvalue weighted by Crippen LogP contribution is -2.16. The first kappa shape index (κ1) is 12.5. The standard InChI is InChI=1S/C12H17ClO2/c1-2-15-9-10(8-14)7-11-5-3-4-6-12(11)13/h3-6,10,14H,2,7-9H2,1H3. The fraction of sp³-hybridized carbons (Fsp3) is 0.500. The van der Waals surface area contributed by atoms with Crippen LogP contribution in [0.25, 0.3) is 0 Å². The Hall–Kier alpha value is -0.570. The first-order valence-corrected chi connectivity index (χ1v) is 5.57. The van der Waals surface area contributed by atoms with Crippen molar-refractivity contribution in [1.29, 1.82) is 0 Å². The van der Waals surface area contributed by atoms with E-state index in [2.05, 4.69) is 0 Å². The third kappa shape index (κ3) is 4.20. The van der Waals surface area contributed by atoms with Gasteiger partial charge in [-0.1, -0.05) is 29.8 Å². The van der Waals surface area contributed by atoms with Gasteiger partial charge in [0.25, 0.3) is 0 Å². The predicted molar refractivity (Wildman–Crippen MR) is 62.2 cm³/mol. The van der Waals surface area contributed by atoms with Crippen molar-refractivity contribution in [2.75, 3.05) is 19.8 Å². The van der Waals surface area contributed by atoms with Gasteiger partial charge in [-0.3, -0.25) is 0 Å². The Morgan fingerprint density at radius 3 is 2.73 bits per heavy atom. The molecular formula is C12H17ClO2. The number of halogens is 1. The summed E-state index contributed by atoms with van der Waals surface area (Å²) in [6.07, 6.45) is 0.760. The Morgan fingerprint density at radius 1 is 1.40 bits per heavy atom. The number of hydrogen-bond donors (Lipinski definition) is 1. The van der Waals surface area contributed by atoms with Gasteiger partial charge in [0, 0.05) is 24.2 Å². The maximum atomic E-state index is 9.18. The van der Waals surface area contributed by atoms with Gasteiger partial charge in [-0.15, -0.1) is 0 Å². The molecule has 0 heterocycles. The van der Waals surface area contributed by atoms with Crippen LogP contribution >= 0.6 is 11.6 Å². The van der Waals surface area contributed by atoms with Crippen molar-refractivity contribution >= 4 is 11.6 Å². The molecule has 1 aromatic carbocycles. The van der Waals surface area contributed by atoms with Gasteiger partial charge in [-0.25, -0.2) is 0 Å². The fourth-order valence-electron chi connectivity index (χ4n) is 1.44. The first-order chi connectivity index (χ1) is 7.27. The van der Waals surface area contributed by atoms with E-state index in [4.69, 9.17) is 16.3 Å². The monoisotopic (exact) mass is 228 g/mol. The molecule has 84 valence electrons. The Balaban J connectivity index is 2.54. The van der Waals surface area contributed by atoms with Gasteiger partial charge in [0.05, 0.1) is 6.61 Å². The van der Waals surface area contributed by atoms with E-state index in [9.17, 15) is 5.11 Å². The molecule has 0 aromatic heterocycles. The number of rotatable bonds is 6. The molecule has 0 fully saturated rings. The molecule has 15 heavy (non-hydrogen) atoms. The van der Waals surface area contributed by atoms with Gasteiger partial charge >= 0.3 is 0 Å². The zero-order valence-corrected chi connectivity index (χ0v) is 9.70. The molecule has 1 rings (SSSR count). The van der Waals surface area contributed by atoms with E-state index in [-0.39, 0.29) is 12.5 Å². The lowest BCUT2D eigenvalue weighted by Gasteiger charge is -2.14. The van der Waals surface area contributed by atoms with Crippen LogP contribution in [0.3, 0.4) is 0 Å². The van der Waals surface area contributed by atoms with Crippen molar-refractivity contribution in [3.8, 4) is 0 Å². The number of aliphatic hydroxyl groups excluding tert-OH is 1. The molecule has 3 heteroatoms. The lowest BCUT2D eigenvalue weighted by molar-refractivity contribution is 0.0810. The van der Waals surface area contributed by atoms with E-state index in [0.29, 0.717) is 13.2 Å². The highest BCUT2D eigenvalue weighted by atomic mass is 35.5. The molecule has 2 nitrogen and oxygen atoms in total. The summed E-state index contributed by atoms with van der Waals surface area (Å²) in [7, 11) is 0. The predicted octanol–water partition coefficient (Wildman–Crippen LogP) is 2.53. The van der Waals surface area contributed by atoms with Gasteiger partial charge in [0.15, 0.2) is 0 Å². The van der Waals surface area contributed by atoms with Crippen molar-refractivity contribution < 1.29 is 9.84 Å². The summed E-state index contributed by atoms with van der Waals surface area (Å²) in [5, 5.41) is 9.94. The van der Waals surface area contributed by atoms with Gasteiger partial charge in [0.2, 0.25) is 0 Å². The van der Waals surface area contributed by atoms with Crippen molar-refractivity contribution in [1.82, 2.24) is 0 Å². The Labute approximate surface area is 95.8 Å². The summed E-state index contributed by atoms with van der Waals surface area (Å²) >= 11 is 6.04. The number of aliphatic hydroxyl groups is 1. The van der Waals surface area contributed by atoms with Crippen LogP contribution in [0.1, 0.15) is 12.5 Å². The van der Waals surface area contributed by atoms with Crippen LogP contribution in [0, 0.1) is 5.92 Å². The van der Waals surface area contributed by atoms with Gasteiger partial charge < -0.3 is 9.84 Å². The van der Waals surface area contributed by atoms with Crippen LogP contribution in [-0.2, 0) is 11.2 Å². The maximum Gasteiger partial charge on any atom is 0.0519 e. The second-order valence-corrected chi connectivity index (χ2v) is 3.91. The lowest BCUT2D eigenvalue weighted by atomic mass is 10.0. The van der Waals surface area contributed by atoms with Crippen LogP contribution in [0.15, 0.2) is 24.3 Å². The maximum absolute atomic E-state index is 9.18. The molecule has 0 aliphatic heterocycles. The van der Waals surface area contributed by atoms with Crippen molar-refractivity contribution in [2.45, 2.75) is 13.3 Å². The van der Waals surface area contributed by atoms with Gasteiger partial charge in [-0.2, -0.15) is 0 Å². The third-order valence-corrected chi connectivity index (χ3v) is 2.65. The SMILES string of the molecule is CCOCC(CO)Cc1ccccc1Cl. The van der Waals surface area contributed by atoms with Crippen molar-refractivity contribution in [3.05, 3.63) is 34.9 Å². The second kappa shape index (κ2) is 6.83. The average Bonchev–Trinajstić information content (AvgIpc) is 2.26. The molecule has 0 spiro atoms. The van der Waals surface area contributed by atoms with Gasteiger partial charge in [0.1, 0.15) is 0 Å². The largest absolute Gasteiger partial charge is 0.396 e. The smallest absolute Gasteiger partial charge is 0.0519 e. The van der Waals surface area contributed by atoms with E-state index in [1.54, 1.807) is 0 Å². The Kier molecular flexibility index (Phi) is 5.69. The highest BCUT2D eigenvalue weighted by molar-refractivity contribution is 6.31. The summed E-state index contributed by atoms with van der Waals surface area (Å²) < 4.78 is 5.30. The van der Waals surface area contributed by atoms with Crippen LogP contribution < -0.4 is 0 Å². The molecule has 1 atom stereocenters. The van der Waals surface area contributed by atoms with Gasteiger partial charge in [-0.05, 0) is 25.0 Å². The van der Waals surface area contributed by atoms with E-state index in [0.717, 1.165) is 17.0 Å². The fourth-order valence-corrected chi connectivity index (χ4v) is 1.65. The molecule has 1 unspecified atom stereocenters. The number of ether oxygens (including phenoxy) is 1. The summed E-state index contributed by atoms with van der Waals surface area (Å²) in [5.41, 5.74) is 1.07. The molecular weight excluding hydrogens is 212 g/mol. The average molecular weight is 229 g/mol. The molecule has 0 aliphatic carbocycles. The molecule has 0 aliphatic rings. The van der Waals surface area contributed by atoms with E-state index < -0.39 is 0 Å². The summed E-state index contributed by atoms with van der Waals surface area (Å²) in [6, 6.07) is 7.71. The summed E-state index contributed by atoms with van der Waals surface area (Å²) in [6.45, 7) is 3.34. The third-order valence-electron chi connectivity index (χ3n) is 2.28. The topological polar surface area (TPSA) is 29.5 Å². The second-order valence-electron chi connectivity index (χ2n) is 3.50. The first-order valence-electron chi connectivity index (χ1n) is 5.20. The minimum atomic E-state index is 0.129. The summed E-state index contributed by atoms with van der Waals surface area (Å²) in [5.74, 6) is 0.129. The molecule has 0 saturated heterocycles. The Morgan fingerprint density at radius 2 is 2.13 bits per heavy atom. The zero-order valence-electron chi connectivity index (χ0n) is 8.95. The number of hydrogen-bond acceptors (Lipinski definition) is 2. The zero-order chi connectivity index (χ0) is 11.1. The highest BCUT2D eigenvalue weighted by Crippen LogP contribution is 2.18. The van der Waals surface area contributed by atoms with E-state index in [1.165, 1.54) is 0 Å². The summed E-state index contributed by atoms with van der Waals surface area (Å²) in [4.78, 5) is 0. The molecule has 0 radical (unpaired) electrons. The van der Waals surface area contributed by atoms with Crippen LogP contribution in [0.2, 0.25) is 5.02 Å². The van der Waals surface area contributed by atoms with Crippen LogP contribution in [-0.4, -0.2) is 24.9 Å². The minimum Gasteiger partial charge on any atom is -0.396 e. The minimum absolute atomic E-state index is 0.129. The van der Waals surface area contributed by atoms with Crippen LogP contribution in [0.4, 0.5) is 0 Å². The molecule has 1 aromatic rings. The quantitative estimate of drug-likeness (QED) is 0.811. The van der Waals surface area contributed by atoms with E-state index in [1.807, 2.05) is 31.2 Å². The van der Waals surface area contributed by atoms with Crippen molar-refractivity contribution in [2.24, 2.45) is 5.92 Å². The van der Waals surface area contributed by atoms with Crippen molar-refractivity contribution in [3.63, 3.8) is 0 Å². The molecule has 1 N–H and O–H groups in total. The highest BCUT2D eigenvalue weighted by Gasteiger charge is 2.10. The normalized spacial score (nSPS) is 12.7. The molecule has 0 bridgehead atoms. The molecule has 0 amide bonds. The number of benzene rings is 1. The molecule has 0 saturated carbocycles. The Bertz CT molecular complexity index is 289. The van der Waals surface area contributed by atoms with E-state index >= 15 is 0 Å². The van der Waals surface area contributed by atoms with Crippen LogP contribution in [0.5, 0.6) is 0 Å².